The van der Waals surface area contributed by atoms with Gasteiger partial charge in [0, 0.05) is 9.79 Å². The van der Waals surface area contributed by atoms with E-state index in [1.54, 1.807) is 13.0 Å². The van der Waals surface area contributed by atoms with E-state index in [-0.39, 0.29) is 5.56 Å². The van der Waals surface area contributed by atoms with Gasteiger partial charge in [0.2, 0.25) is 0 Å². The van der Waals surface area contributed by atoms with Crippen LogP contribution in [0, 0.1) is 6.92 Å². The van der Waals surface area contributed by atoms with Gasteiger partial charge in [-0.15, -0.1) is 0 Å². The minimum absolute atomic E-state index is 0.185. The zero-order valence-electron chi connectivity index (χ0n) is 10.9. The summed E-state index contributed by atoms with van der Waals surface area (Å²) in [6.07, 6.45) is -4.34. The Kier molecular flexibility index (Phi) is 4.27. The van der Waals surface area contributed by atoms with Gasteiger partial charge in [-0.1, -0.05) is 11.8 Å². The molecule has 0 saturated heterocycles. The molecule has 0 bridgehead atoms. The summed E-state index contributed by atoms with van der Waals surface area (Å²) in [7, 11) is 0. The number of carboxylic acid groups (broad SMARTS) is 1. The van der Waals surface area contributed by atoms with Crippen molar-refractivity contribution in [1.82, 2.24) is 0 Å². The molecule has 2 rings (SSSR count). The number of aromatic carboxylic acids is 1. The lowest BCUT2D eigenvalue weighted by molar-refractivity contribution is -0.137. The second kappa shape index (κ2) is 5.81. The fourth-order valence-electron chi connectivity index (χ4n) is 1.74. The predicted octanol–water partition coefficient (Wildman–Crippen LogP) is 4.86. The van der Waals surface area contributed by atoms with Crippen LogP contribution in [0.25, 0.3) is 0 Å². The third kappa shape index (κ3) is 3.78. The van der Waals surface area contributed by atoms with E-state index in [9.17, 15) is 18.0 Å². The number of halogens is 3. The minimum atomic E-state index is -4.34. The molecule has 0 aromatic heterocycles. The lowest BCUT2D eigenvalue weighted by atomic mass is 10.1. The first kappa shape index (κ1) is 15.4. The Balaban J connectivity index is 2.20. The van der Waals surface area contributed by atoms with Crippen LogP contribution >= 0.6 is 11.8 Å². The molecule has 1 N–H and O–H groups in total. The van der Waals surface area contributed by atoms with Crippen molar-refractivity contribution in [1.29, 1.82) is 0 Å². The molecule has 0 spiro atoms. The molecule has 21 heavy (non-hydrogen) atoms. The van der Waals surface area contributed by atoms with Gasteiger partial charge in [-0.05, 0) is 55.0 Å². The number of carboxylic acids is 1. The van der Waals surface area contributed by atoms with Crippen LogP contribution in [0.5, 0.6) is 0 Å². The number of hydrogen-bond donors (Lipinski definition) is 1. The average molecular weight is 312 g/mol. The molecular formula is C15H11F3O2S. The molecule has 2 nitrogen and oxygen atoms in total. The van der Waals surface area contributed by atoms with Gasteiger partial charge in [-0.25, -0.2) is 4.79 Å². The highest BCUT2D eigenvalue weighted by Crippen LogP contribution is 2.34. The zero-order valence-corrected chi connectivity index (χ0v) is 11.8. The van der Waals surface area contributed by atoms with Gasteiger partial charge in [0.1, 0.15) is 0 Å². The third-order valence-corrected chi connectivity index (χ3v) is 4.02. The number of carbonyl (C=O) groups is 1. The standard InChI is InChI=1S/C15H11F3O2S/c1-9-8-10(14(19)20)2-7-13(9)21-12-5-3-11(4-6-12)15(16,17)18/h2-8H,1H3,(H,19,20). The summed E-state index contributed by atoms with van der Waals surface area (Å²) in [6, 6.07) is 9.53. The molecule has 0 amide bonds. The van der Waals surface area contributed by atoms with Gasteiger partial charge in [0.15, 0.2) is 0 Å². The van der Waals surface area contributed by atoms with Crippen LogP contribution < -0.4 is 0 Å². The van der Waals surface area contributed by atoms with E-state index in [0.29, 0.717) is 4.90 Å². The van der Waals surface area contributed by atoms with Crippen molar-refractivity contribution in [3.8, 4) is 0 Å². The number of rotatable bonds is 3. The topological polar surface area (TPSA) is 37.3 Å². The van der Waals surface area contributed by atoms with Gasteiger partial charge in [0.05, 0.1) is 11.1 Å². The second-order valence-corrected chi connectivity index (χ2v) is 5.52. The predicted molar refractivity (Wildman–Crippen MR) is 73.7 cm³/mol. The Morgan fingerprint density at radius 1 is 1.10 bits per heavy atom. The quantitative estimate of drug-likeness (QED) is 0.879. The summed E-state index contributed by atoms with van der Waals surface area (Å²) >= 11 is 1.29. The largest absolute Gasteiger partial charge is 0.478 e. The fraction of sp³-hybridized carbons (Fsp3) is 0.133. The molecule has 0 saturated carbocycles. The van der Waals surface area contributed by atoms with Crippen molar-refractivity contribution in [2.24, 2.45) is 0 Å². The smallest absolute Gasteiger partial charge is 0.416 e. The molecule has 110 valence electrons. The Hall–Kier alpha value is -1.95. The van der Waals surface area contributed by atoms with Crippen LogP contribution in [0.1, 0.15) is 21.5 Å². The van der Waals surface area contributed by atoms with Crippen molar-refractivity contribution in [2.45, 2.75) is 22.9 Å². The summed E-state index contributed by atoms with van der Waals surface area (Å²) < 4.78 is 37.4. The highest BCUT2D eigenvalue weighted by atomic mass is 32.2. The van der Waals surface area contributed by atoms with Crippen LogP contribution in [0.15, 0.2) is 52.3 Å². The van der Waals surface area contributed by atoms with Gasteiger partial charge in [0.25, 0.3) is 0 Å². The van der Waals surface area contributed by atoms with Crippen LogP contribution in [0.2, 0.25) is 0 Å². The first-order valence-electron chi connectivity index (χ1n) is 5.96. The van der Waals surface area contributed by atoms with Crippen LogP contribution in [-0.2, 0) is 6.18 Å². The van der Waals surface area contributed by atoms with Crippen molar-refractivity contribution < 1.29 is 23.1 Å². The van der Waals surface area contributed by atoms with Crippen LogP contribution in [-0.4, -0.2) is 11.1 Å². The highest BCUT2D eigenvalue weighted by Gasteiger charge is 2.29. The van der Waals surface area contributed by atoms with Crippen LogP contribution in [0.3, 0.4) is 0 Å². The summed E-state index contributed by atoms with van der Waals surface area (Å²) in [5, 5.41) is 8.88. The van der Waals surface area contributed by atoms with E-state index in [0.717, 1.165) is 22.6 Å². The Morgan fingerprint density at radius 3 is 2.19 bits per heavy atom. The van der Waals surface area contributed by atoms with E-state index in [2.05, 4.69) is 0 Å². The van der Waals surface area contributed by atoms with E-state index in [1.807, 2.05) is 0 Å². The van der Waals surface area contributed by atoms with Crippen molar-refractivity contribution in [3.05, 3.63) is 59.2 Å². The van der Waals surface area contributed by atoms with Gasteiger partial charge in [-0.2, -0.15) is 13.2 Å². The molecule has 6 heteroatoms. The monoisotopic (exact) mass is 312 g/mol. The molecule has 0 aliphatic carbocycles. The van der Waals surface area contributed by atoms with Gasteiger partial charge < -0.3 is 5.11 Å². The lowest BCUT2D eigenvalue weighted by Crippen LogP contribution is -2.03. The molecule has 0 unspecified atom stereocenters. The number of hydrogen-bond acceptors (Lipinski definition) is 2. The Bertz CT molecular complexity index is 664. The lowest BCUT2D eigenvalue weighted by Gasteiger charge is -2.09. The van der Waals surface area contributed by atoms with Gasteiger partial charge >= 0.3 is 12.1 Å². The molecule has 2 aromatic carbocycles. The Morgan fingerprint density at radius 2 is 1.71 bits per heavy atom. The maximum atomic E-state index is 12.5. The highest BCUT2D eigenvalue weighted by molar-refractivity contribution is 7.99. The maximum Gasteiger partial charge on any atom is 0.416 e. The van der Waals surface area contributed by atoms with E-state index < -0.39 is 17.7 Å². The molecule has 0 radical (unpaired) electrons. The normalized spacial score (nSPS) is 11.4. The molecular weight excluding hydrogens is 301 g/mol. The molecule has 0 aliphatic rings. The van der Waals surface area contributed by atoms with Crippen molar-refractivity contribution in [3.63, 3.8) is 0 Å². The third-order valence-electron chi connectivity index (χ3n) is 2.83. The number of aryl methyl sites for hydroxylation is 1. The molecule has 2 aromatic rings. The molecule has 0 atom stereocenters. The first-order chi connectivity index (χ1) is 9.77. The van der Waals surface area contributed by atoms with Crippen molar-refractivity contribution >= 4 is 17.7 Å². The fourth-order valence-corrected chi connectivity index (χ4v) is 2.62. The van der Waals surface area contributed by atoms with E-state index >= 15 is 0 Å². The summed E-state index contributed by atoms with van der Waals surface area (Å²) in [5.74, 6) is -1.01. The van der Waals surface area contributed by atoms with Gasteiger partial charge in [-0.3, -0.25) is 0 Å². The zero-order chi connectivity index (χ0) is 15.6. The average Bonchev–Trinajstić information content (AvgIpc) is 2.40. The molecule has 0 heterocycles. The second-order valence-electron chi connectivity index (χ2n) is 4.41. The Labute approximate surface area is 123 Å². The first-order valence-corrected chi connectivity index (χ1v) is 6.78. The number of benzene rings is 2. The number of alkyl halides is 3. The van der Waals surface area contributed by atoms with Crippen molar-refractivity contribution in [2.75, 3.05) is 0 Å². The molecule has 0 fully saturated rings. The maximum absolute atomic E-state index is 12.5. The summed E-state index contributed by atoms with van der Waals surface area (Å²) in [5.41, 5.74) is 0.258. The SMILES string of the molecule is Cc1cc(C(=O)O)ccc1Sc1ccc(C(F)(F)F)cc1. The molecule has 0 aliphatic heterocycles. The van der Waals surface area contributed by atoms with Crippen LogP contribution in [0.4, 0.5) is 13.2 Å². The summed E-state index contributed by atoms with van der Waals surface area (Å²) in [6.45, 7) is 1.76. The van der Waals surface area contributed by atoms with E-state index in [1.165, 1.54) is 36.0 Å². The minimum Gasteiger partial charge on any atom is -0.478 e. The summed E-state index contributed by atoms with van der Waals surface area (Å²) in [4.78, 5) is 12.3. The van der Waals surface area contributed by atoms with E-state index in [4.69, 9.17) is 5.11 Å².